The van der Waals surface area contributed by atoms with Gasteiger partial charge in [-0.25, -0.2) is 4.79 Å². The van der Waals surface area contributed by atoms with Gasteiger partial charge in [0.25, 0.3) is 0 Å². The number of hydrogen-bond acceptors (Lipinski definition) is 18. The monoisotopic (exact) mass is 1190 g/mol. The first-order valence-electron chi connectivity index (χ1n) is 28.5. The normalized spacial score (nSPS) is 28.7. The molecule has 15 atom stereocenters. The Labute approximate surface area is 539 Å². The number of nitrogens with two attached hydrogens (primary N) is 1. The molecule has 0 heterocycles. The molecule has 0 aromatic carbocycles. The Kier molecular flexibility index (Phi) is 53.8. The van der Waals surface area contributed by atoms with E-state index in [0.29, 0.717) is 76.4 Å². The molecular formula is C59H108BN2Na2O18. The number of carboxylic acids is 1. The summed E-state index contributed by atoms with van der Waals surface area (Å²) in [6, 6.07) is 0.778. The van der Waals surface area contributed by atoms with E-state index in [1.807, 2.05) is 41.5 Å². The number of alkyl carbamates (subject to hydrolysis) is 1. The molecule has 3 radical (unpaired) electrons. The number of allylic oxidation sites excluding steroid dienone is 1. The maximum atomic E-state index is 11.5. The zero-order valence-corrected chi connectivity index (χ0v) is 57.7. The summed E-state index contributed by atoms with van der Waals surface area (Å²) in [6.07, 6.45) is 8.91. The number of rotatable bonds is 9. The Balaban J connectivity index is -0.000000161. The van der Waals surface area contributed by atoms with Crippen molar-refractivity contribution in [1.82, 2.24) is 5.32 Å². The first kappa shape index (κ1) is 90.7. The van der Waals surface area contributed by atoms with E-state index in [1.54, 1.807) is 41.5 Å². The second-order valence-corrected chi connectivity index (χ2v) is 22.9. The van der Waals surface area contributed by atoms with Gasteiger partial charge >= 0.3 is 95.1 Å². The third-order valence-corrected chi connectivity index (χ3v) is 14.2. The van der Waals surface area contributed by atoms with Crippen LogP contribution >= 0.6 is 0 Å². The van der Waals surface area contributed by atoms with Crippen molar-refractivity contribution < 1.29 is 148 Å². The molecule has 467 valence electrons. The van der Waals surface area contributed by atoms with Crippen LogP contribution in [0.3, 0.4) is 0 Å². The molecule has 0 saturated heterocycles. The minimum atomic E-state index is -0.774. The van der Waals surface area contributed by atoms with E-state index in [2.05, 4.69) is 37.7 Å². The third kappa shape index (κ3) is 40.0. The molecule has 0 aliphatic heterocycles. The first-order valence-corrected chi connectivity index (χ1v) is 28.5. The largest absolute Gasteiger partial charge is 1.00 e. The van der Waals surface area contributed by atoms with E-state index in [9.17, 15) is 43.5 Å². The fourth-order valence-corrected chi connectivity index (χ4v) is 10.3. The zero-order chi connectivity index (χ0) is 60.6. The summed E-state index contributed by atoms with van der Waals surface area (Å²) in [6.45, 7) is 34.3. The molecule has 6 aliphatic carbocycles. The number of carboxylic acid groups (broad SMARTS) is 1. The average molecular weight is 1190 g/mol. The van der Waals surface area contributed by atoms with Gasteiger partial charge in [0, 0.05) is 53.3 Å². The average Bonchev–Trinajstić information content (AvgIpc) is 4.15. The molecule has 8 N–H and O–H groups in total. The number of carbonyl (C=O) groups is 8. The van der Waals surface area contributed by atoms with Crippen LogP contribution in [0.2, 0.25) is 0 Å². The molecule has 20 nitrogen and oxygen atoms in total. The number of amides is 1. The van der Waals surface area contributed by atoms with Crippen LogP contribution in [0.15, 0.2) is 11.6 Å². The van der Waals surface area contributed by atoms with Crippen molar-refractivity contribution in [3.63, 3.8) is 0 Å². The van der Waals surface area contributed by atoms with Gasteiger partial charge in [0.2, 0.25) is 0 Å². The van der Waals surface area contributed by atoms with Gasteiger partial charge in [-0.05, 0) is 161 Å². The topological polar surface area (TPSA) is 332 Å². The minimum Gasteiger partial charge on any atom is -1.00 e. The quantitative estimate of drug-likeness (QED) is 0.109. The standard InChI is InChI=1S/C12H23NO2.C9H16O3.C9H14O3.C9H12O3.C7H15N.C7H12O3.C4H8O2.C2H6O.B.2Na.H2O.H/c1-8-6-9(2)10(7-8)13-11(14)15-12(3,4)5;3*1-3-12-9(11)8-5-7(10)4-6(8)2;1-5-3-6(2)7(8)4-5;1-4-2-5(8)3-6(4)7(9)10;1-3-6-4(2)5;1-2-3;;;;;/h8-10H,6-7H2,1-5H3,(H,13,14);6-8,10H,3-5H2,1-2H3;6,8H,3-5H2,1-2H3;4,8H,3,5H2,1-2H3;5-7H,3-4,8H2,1-2H3;4-6,8H,2-3H2,1H3,(H,9,10);3H2,1-2H3;3H,2H2,1H3;;;;1H2;/q;;;;;;;;;2*+1;;-1/p-1/t8-,9+,10-;6-,7+,8+;6-,8+;;5-,6+,7-;4-,5+,6+;;;;;;;/m100.10......./s1. The first-order chi connectivity index (χ1) is 36.2. The van der Waals surface area contributed by atoms with E-state index in [0.717, 1.165) is 30.3 Å². The summed E-state index contributed by atoms with van der Waals surface area (Å²) in [7, 11) is 0. The van der Waals surface area contributed by atoms with Gasteiger partial charge in [0.15, 0.2) is 5.78 Å². The molecule has 82 heavy (non-hydrogen) atoms. The molecule has 23 heteroatoms. The molecule has 5 fully saturated rings. The summed E-state index contributed by atoms with van der Waals surface area (Å²) in [5, 5.41) is 37.4. The molecule has 0 spiro atoms. The number of carbonyl (C=O) groups excluding carboxylic acids is 7. The van der Waals surface area contributed by atoms with E-state index in [4.69, 9.17) is 40.0 Å². The molecule has 0 aromatic heterocycles. The van der Waals surface area contributed by atoms with Gasteiger partial charge in [0.05, 0.1) is 62.3 Å². The molecule has 0 aromatic rings. The number of nitrogens with one attached hydrogen (secondary N) is 1. The number of ether oxygens (including phenoxy) is 5. The molecule has 1 unspecified atom stereocenters. The van der Waals surface area contributed by atoms with Crippen molar-refractivity contribution in [2.24, 2.45) is 70.8 Å². The Hall–Kier alpha value is -2.44. The van der Waals surface area contributed by atoms with Gasteiger partial charge < -0.3 is 62.1 Å². The van der Waals surface area contributed by atoms with Crippen LogP contribution in [-0.2, 0) is 57.2 Å². The summed E-state index contributed by atoms with van der Waals surface area (Å²) in [5.41, 5.74) is 6.18. The van der Waals surface area contributed by atoms with Gasteiger partial charge in [-0.3, -0.25) is 33.6 Å². The van der Waals surface area contributed by atoms with Gasteiger partial charge in [0.1, 0.15) is 11.4 Å². The summed E-state index contributed by atoms with van der Waals surface area (Å²) in [4.78, 5) is 87.3. The maximum absolute atomic E-state index is 11.5. The van der Waals surface area contributed by atoms with E-state index >= 15 is 0 Å². The zero-order valence-electron chi connectivity index (χ0n) is 54.7. The SMILES string of the molecule is CCO.CCOC(=O)C1CC(=O)C=C1C.CCOC(=O)[C@@H]1CC(=O)C[C@@H]1C.CCOC(=O)[C@@H]1C[C@H](O)C[C@@H]1C.CCOC(C)=O.C[C@@H]1C[C@H](C)[C@H](NC(=O)OC(C)(C)C)C1.C[C@H]1C[C@@H](N)[C@@H](C)C1.C[C@H]1C[C@@H](O)C[C@H]1C(=O)O.[B].[H-].[Na+].[Na+].[OH-]. The van der Waals surface area contributed by atoms with Crippen LogP contribution in [0.4, 0.5) is 4.79 Å². The van der Waals surface area contributed by atoms with Crippen molar-refractivity contribution in [2.45, 2.75) is 218 Å². The smallest absolute Gasteiger partial charge is 1.00 e. The van der Waals surface area contributed by atoms with Crippen LogP contribution in [0.25, 0.3) is 0 Å². The number of aliphatic carboxylic acids is 1. The second kappa shape index (κ2) is 48.7. The number of ketones is 2. The fourth-order valence-electron chi connectivity index (χ4n) is 10.3. The summed E-state index contributed by atoms with van der Waals surface area (Å²) in [5.74, 6) is 1.13. The van der Waals surface area contributed by atoms with Crippen molar-refractivity contribution in [2.75, 3.05) is 33.0 Å². The summed E-state index contributed by atoms with van der Waals surface area (Å²) < 4.78 is 24.2. The van der Waals surface area contributed by atoms with Crippen LogP contribution < -0.4 is 70.2 Å². The maximum Gasteiger partial charge on any atom is 1.00 e. The molecule has 5 saturated carbocycles. The Morgan fingerprint density at radius 1 is 0.622 bits per heavy atom. The fraction of sp³-hybridized carbons (Fsp3) is 0.831. The number of aliphatic hydroxyl groups excluding tert-OH is 3. The molecular weight excluding hydrogens is 1080 g/mol. The van der Waals surface area contributed by atoms with Crippen molar-refractivity contribution in [3.8, 4) is 0 Å². The molecule has 0 bridgehead atoms. The van der Waals surface area contributed by atoms with Crippen LogP contribution in [0.5, 0.6) is 0 Å². The van der Waals surface area contributed by atoms with Gasteiger partial charge in [-0.2, -0.15) is 0 Å². The van der Waals surface area contributed by atoms with E-state index < -0.39 is 17.7 Å². The molecule has 6 rings (SSSR count). The number of esters is 4. The van der Waals surface area contributed by atoms with Gasteiger partial charge in [-0.15, -0.1) is 0 Å². The Bertz CT molecular complexity index is 1850. The predicted molar refractivity (Wildman–Crippen MR) is 307 cm³/mol. The molecule has 6 aliphatic rings. The van der Waals surface area contributed by atoms with Crippen molar-refractivity contribution in [3.05, 3.63) is 11.6 Å². The minimum absolute atomic E-state index is 0. The van der Waals surface area contributed by atoms with E-state index in [-0.39, 0.29) is 183 Å². The van der Waals surface area contributed by atoms with Crippen LogP contribution in [0.1, 0.15) is 190 Å². The van der Waals surface area contributed by atoms with Crippen molar-refractivity contribution in [1.29, 1.82) is 0 Å². The number of Topliss-reactive ketones (excluding diaryl/α,β-unsaturated/α-hetero) is 1. The number of aliphatic hydroxyl groups is 3. The van der Waals surface area contributed by atoms with E-state index in [1.165, 1.54) is 32.3 Å². The predicted octanol–water partition coefficient (Wildman–Crippen LogP) is 2.14. The third-order valence-electron chi connectivity index (χ3n) is 14.2. The van der Waals surface area contributed by atoms with Gasteiger partial charge in [-0.1, -0.05) is 54.0 Å². The Morgan fingerprint density at radius 3 is 1.32 bits per heavy atom. The van der Waals surface area contributed by atoms with Crippen molar-refractivity contribution >= 4 is 55.9 Å². The second-order valence-electron chi connectivity index (χ2n) is 22.9. The molecule has 1 amide bonds. The Morgan fingerprint density at radius 2 is 1.05 bits per heavy atom. The number of hydrogen-bond donors (Lipinski definition) is 6. The summed E-state index contributed by atoms with van der Waals surface area (Å²) >= 11 is 0. The van der Waals surface area contributed by atoms with Crippen LogP contribution in [-0.4, -0.2) is 145 Å². The van der Waals surface area contributed by atoms with Crippen LogP contribution in [0, 0.1) is 65.1 Å².